The standard InChI is InChI=1S/C17H17N3S/c1-17(2,3)16-7-6-15(21-16)11-20-14-5-4-12(9-18)13(8-14)10-19/h4-8,20H,11H2,1-3H3. The van der Waals surface area contributed by atoms with E-state index < -0.39 is 0 Å². The van der Waals surface area contributed by atoms with Gasteiger partial charge in [0.15, 0.2) is 0 Å². The van der Waals surface area contributed by atoms with Gasteiger partial charge in [-0.3, -0.25) is 0 Å². The molecule has 1 aromatic heterocycles. The van der Waals surface area contributed by atoms with E-state index in [1.807, 2.05) is 18.2 Å². The zero-order valence-electron chi connectivity index (χ0n) is 12.4. The van der Waals surface area contributed by atoms with Crippen molar-refractivity contribution in [3.8, 4) is 12.1 Å². The van der Waals surface area contributed by atoms with E-state index in [-0.39, 0.29) is 5.41 Å². The molecular formula is C17H17N3S. The van der Waals surface area contributed by atoms with Crippen molar-refractivity contribution in [1.29, 1.82) is 10.5 Å². The lowest BCUT2D eigenvalue weighted by molar-refractivity contribution is 0.604. The molecule has 3 nitrogen and oxygen atoms in total. The highest BCUT2D eigenvalue weighted by molar-refractivity contribution is 7.12. The third kappa shape index (κ3) is 3.62. The predicted molar refractivity (Wildman–Crippen MR) is 86.2 cm³/mol. The van der Waals surface area contributed by atoms with Gasteiger partial charge in [-0.05, 0) is 35.7 Å². The number of rotatable bonds is 3. The predicted octanol–water partition coefficient (Wildman–Crippen LogP) is 4.40. The van der Waals surface area contributed by atoms with Crippen LogP contribution in [0.1, 0.15) is 41.7 Å². The monoisotopic (exact) mass is 295 g/mol. The van der Waals surface area contributed by atoms with Crippen molar-refractivity contribution in [3.05, 3.63) is 51.2 Å². The van der Waals surface area contributed by atoms with E-state index >= 15 is 0 Å². The van der Waals surface area contributed by atoms with Crippen LogP contribution in [0.4, 0.5) is 5.69 Å². The van der Waals surface area contributed by atoms with Crippen molar-refractivity contribution in [3.63, 3.8) is 0 Å². The van der Waals surface area contributed by atoms with Crippen molar-refractivity contribution < 1.29 is 0 Å². The molecule has 0 unspecified atom stereocenters. The van der Waals surface area contributed by atoms with Gasteiger partial charge in [0.1, 0.15) is 12.1 Å². The summed E-state index contributed by atoms with van der Waals surface area (Å²) >= 11 is 1.80. The van der Waals surface area contributed by atoms with Gasteiger partial charge in [0.25, 0.3) is 0 Å². The van der Waals surface area contributed by atoms with Gasteiger partial charge in [-0.2, -0.15) is 10.5 Å². The zero-order valence-corrected chi connectivity index (χ0v) is 13.2. The molecule has 0 saturated carbocycles. The summed E-state index contributed by atoms with van der Waals surface area (Å²) in [5.41, 5.74) is 1.85. The average Bonchev–Trinajstić information content (AvgIpc) is 2.93. The molecule has 0 fully saturated rings. The summed E-state index contributed by atoms with van der Waals surface area (Å²) < 4.78 is 0. The number of hydrogen-bond donors (Lipinski definition) is 1. The lowest BCUT2D eigenvalue weighted by Crippen LogP contribution is -2.07. The molecule has 0 radical (unpaired) electrons. The number of anilines is 1. The largest absolute Gasteiger partial charge is 0.380 e. The Kier molecular flexibility index (Phi) is 4.31. The SMILES string of the molecule is CC(C)(C)c1ccc(CNc2ccc(C#N)c(C#N)c2)s1. The molecule has 2 rings (SSSR count). The molecule has 0 aliphatic carbocycles. The highest BCUT2D eigenvalue weighted by Crippen LogP contribution is 2.29. The molecule has 0 aliphatic rings. The molecule has 0 saturated heterocycles. The molecule has 0 spiro atoms. The molecule has 0 aliphatic heterocycles. The second kappa shape index (κ2) is 5.99. The van der Waals surface area contributed by atoms with Gasteiger partial charge in [-0.1, -0.05) is 20.8 Å². The number of nitriles is 2. The molecule has 21 heavy (non-hydrogen) atoms. The first-order chi connectivity index (χ1) is 9.94. The molecule has 1 aromatic carbocycles. The number of benzene rings is 1. The second-order valence-electron chi connectivity index (χ2n) is 5.85. The lowest BCUT2D eigenvalue weighted by atomic mass is 9.95. The van der Waals surface area contributed by atoms with Crippen LogP contribution in [-0.2, 0) is 12.0 Å². The normalized spacial score (nSPS) is 10.7. The maximum absolute atomic E-state index is 9.03. The molecule has 1 heterocycles. The van der Waals surface area contributed by atoms with Crippen molar-refractivity contribution in [1.82, 2.24) is 0 Å². The van der Waals surface area contributed by atoms with Crippen LogP contribution >= 0.6 is 11.3 Å². The smallest absolute Gasteiger partial charge is 0.101 e. The van der Waals surface area contributed by atoms with Gasteiger partial charge in [0, 0.05) is 22.0 Å². The van der Waals surface area contributed by atoms with Crippen LogP contribution in [0.2, 0.25) is 0 Å². The number of nitrogens with zero attached hydrogens (tertiary/aromatic N) is 2. The van der Waals surface area contributed by atoms with Crippen molar-refractivity contribution in [2.75, 3.05) is 5.32 Å². The van der Waals surface area contributed by atoms with Crippen LogP contribution in [0.3, 0.4) is 0 Å². The Morgan fingerprint density at radius 3 is 2.33 bits per heavy atom. The van der Waals surface area contributed by atoms with E-state index in [1.165, 1.54) is 9.75 Å². The van der Waals surface area contributed by atoms with Gasteiger partial charge in [-0.25, -0.2) is 0 Å². The Balaban J connectivity index is 2.09. The van der Waals surface area contributed by atoms with E-state index in [4.69, 9.17) is 10.5 Å². The van der Waals surface area contributed by atoms with E-state index in [0.717, 1.165) is 12.2 Å². The molecule has 4 heteroatoms. The topological polar surface area (TPSA) is 59.6 Å². The quantitative estimate of drug-likeness (QED) is 0.913. The van der Waals surface area contributed by atoms with Crippen LogP contribution in [0.5, 0.6) is 0 Å². The maximum Gasteiger partial charge on any atom is 0.101 e. The second-order valence-corrected chi connectivity index (χ2v) is 7.02. The minimum Gasteiger partial charge on any atom is -0.380 e. The van der Waals surface area contributed by atoms with Crippen LogP contribution in [0, 0.1) is 22.7 Å². The summed E-state index contributed by atoms with van der Waals surface area (Å²) in [6.45, 7) is 7.33. The highest BCUT2D eigenvalue weighted by Gasteiger charge is 2.15. The number of hydrogen-bond acceptors (Lipinski definition) is 4. The Morgan fingerprint density at radius 2 is 1.76 bits per heavy atom. The van der Waals surface area contributed by atoms with Crippen LogP contribution in [-0.4, -0.2) is 0 Å². The third-order valence-corrected chi connectivity index (χ3v) is 4.64. The minimum atomic E-state index is 0.172. The summed E-state index contributed by atoms with van der Waals surface area (Å²) in [6, 6.07) is 13.6. The number of nitrogens with one attached hydrogen (secondary N) is 1. The van der Waals surface area contributed by atoms with E-state index in [0.29, 0.717) is 11.1 Å². The Hall–Kier alpha value is -2.30. The number of thiophene rings is 1. The summed E-state index contributed by atoms with van der Waals surface area (Å²) in [6.07, 6.45) is 0. The zero-order chi connectivity index (χ0) is 15.5. The highest BCUT2D eigenvalue weighted by atomic mass is 32.1. The van der Waals surface area contributed by atoms with Crippen molar-refractivity contribution >= 4 is 17.0 Å². The average molecular weight is 295 g/mol. The fourth-order valence-corrected chi connectivity index (χ4v) is 2.91. The van der Waals surface area contributed by atoms with Crippen molar-refractivity contribution in [2.24, 2.45) is 0 Å². The van der Waals surface area contributed by atoms with Crippen LogP contribution in [0.15, 0.2) is 30.3 Å². The molecule has 0 bridgehead atoms. The molecule has 0 amide bonds. The van der Waals surface area contributed by atoms with Gasteiger partial charge in [0.05, 0.1) is 11.1 Å². The maximum atomic E-state index is 9.03. The summed E-state index contributed by atoms with van der Waals surface area (Å²) in [4.78, 5) is 2.61. The summed E-state index contributed by atoms with van der Waals surface area (Å²) in [5, 5.41) is 21.2. The Labute approximate surface area is 129 Å². The Bertz CT molecular complexity index is 724. The Morgan fingerprint density at radius 1 is 1.05 bits per heavy atom. The van der Waals surface area contributed by atoms with Gasteiger partial charge >= 0.3 is 0 Å². The minimum absolute atomic E-state index is 0.172. The van der Waals surface area contributed by atoms with Crippen LogP contribution in [0.25, 0.3) is 0 Å². The fourth-order valence-electron chi connectivity index (χ4n) is 1.91. The van der Waals surface area contributed by atoms with Gasteiger partial charge < -0.3 is 5.32 Å². The molecule has 1 N–H and O–H groups in total. The van der Waals surface area contributed by atoms with E-state index in [2.05, 4.69) is 38.2 Å². The molecule has 0 atom stereocenters. The third-order valence-electron chi connectivity index (χ3n) is 3.13. The summed E-state index contributed by atoms with van der Waals surface area (Å²) in [7, 11) is 0. The van der Waals surface area contributed by atoms with Crippen LogP contribution < -0.4 is 5.32 Å². The molecule has 2 aromatic rings. The van der Waals surface area contributed by atoms with E-state index in [9.17, 15) is 0 Å². The molecular weight excluding hydrogens is 278 g/mol. The van der Waals surface area contributed by atoms with E-state index in [1.54, 1.807) is 23.5 Å². The summed E-state index contributed by atoms with van der Waals surface area (Å²) in [5.74, 6) is 0. The van der Waals surface area contributed by atoms with Gasteiger partial charge in [0.2, 0.25) is 0 Å². The van der Waals surface area contributed by atoms with Gasteiger partial charge in [-0.15, -0.1) is 11.3 Å². The first kappa shape index (κ1) is 15.1. The fraction of sp³-hybridized carbons (Fsp3) is 0.294. The first-order valence-electron chi connectivity index (χ1n) is 6.71. The van der Waals surface area contributed by atoms with Crippen molar-refractivity contribution in [2.45, 2.75) is 32.7 Å². The lowest BCUT2D eigenvalue weighted by Gasteiger charge is -2.15. The molecule has 106 valence electrons. The first-order valence-corrected chi connectivity index (χ1v) is 7.53.